The van der Waals surface area contributed by atoms with Crippen molar-refractivity contribution in [2.75, 3.05) is 26.0 Å². The maximum absolute atomic E-state index is 12.3. The summed E-state index contributed by atoms with van der Waals surface area (Å²) in [7, 11) is -3.24. The van der Waals surface area contributed by atoms with E-state index in [4.69, 9.17) is 4.74 Å². The first kappa shape index (κ1) is 18.7. The molecule has 1 amide bonds. The molecule has 0 radical (unpaired) electrons. The van der Waals surface area contributed by atoms with Gasteiger partial charge in [0, 0.05) is 13.1 Å². The minimum atomic E-state index is -3.24. The average molecular weight is 354 g/mol. The number of sulfonamides is 1. The molecule has 134 valence electrons. The van der Waals surface area contributed by atoms with E-state index in [-0.39, 0.29) is 24.4 Å². The van der Waals surface area contributed by atoms with Crippen LogP contribution in [0.2, 0.25) is 0 Å². The highest BCUT2D eigenvalue weighted by atomic mass is 32.2. The van der Waals surface area contributed by atoms with Gasteiger partial charge in [-0.3, -0.25) is 4.79 Å². The van der Waals surface area contributed by atoms with Crippen LogP contribution in [-0.4, -0.2) is 50.6 Å². The van der Waals surface area contributed by atoms with Crippen LogP contribution in [0.15, 0.2) is 24.3 Å². The van der Waals surface area contributed by atoms with E-state index in [1.54, 1.807) is 0 Å². The third-order valence-corrected chi connectivity index (χ3v) is 5.40. The smallest absolute Gasteiger partial charge is 0.224 e. The van der Waals surface area contributed by atoms with E-state index in [9.17, 15) is 13.2 Å². The first-order valence-electron chi connectivity index (χ1n) is 8.20. The Balaban J connectivity index is 1.81. The number of piperidine rings is 1. The monoisotopic (exact) mass is 354 g/mol. The summed E-state index contributed by atoms with van der Waals surface area (Å²) >= 11 is 0. The molecule has 1 aromatic rings. The van der Waals surface area contributed by atoms with Gasteiger partial charge >= 0.3 is 0 Å². The number of hydrogen-bond donors (Lipinski definition) is 1. The van der Waals surface area contributed by atoms with E-state index in [1.807, 2.05) is 38.1 Å². The number of rotatable bonds is 6. The molecule has 1 aliphatic heterocycles. The fourth-order valence-electron chi connectivity index (χ4n) is 2.72. The van der Waals surface area contributed by atoms with Crippen molar-refractivity contribution >= 4 is 15.9 Å². The Morgan fingerprint density at radius 1 is 1.38 bits per heavy atom. The number of nitrogens with zero attached hydrogens (tertiary/aromatic N) is 1. The fraction of sp³-hybridized carbons (Fsp3) is 0.588. The topological polar surface area (TPSA) is 75.7 Å². The molecule has 2 atom stereocenters. The minimum absolute atomic E-state index is 0.108. The number of carbonyl (C=O) groups is 1. The molecule has 1 aliphatic rings. The Kier molecular flexibility index (Phi) is 6.23. The van der Waals surface area contributed by atoms with Gasteiger partial charge in [-0.05, 0) is 38.8 Å². The van der Waals surface area contributed by atoms with Gasteiger partial charge in [0.2, 0.25) is 15.9 Å². The Bertz CT molecular complexity index is 658. The van der Waals surface area contributed by atoms with E-state index in [0.29, 0.717) is 26.0 Å². The van der Waals surface area contributed by atoms with Gasteiger partial charge in [-0.15, -0.1) is 0 Å². The molecule has 24 heavy (non-hydrogen) atoms. The predicted octanol–water partition coefficient (Wildman–Crippen LogP) is 1.55. The lowest BCUT2D eigenvalue weighted by Crippen LogP contribution is -2.47. The highest BCUT2D eigenvalue weighted by molar-refractivity contribution is 7.88. The zero-order chi connectivity index (χ0) is 17.7. The maximum atomic E-state index is 12.3. The van der Waals surface area contributed by atoms with Gasteiger partial charge in [0.1, 0.15) is 12.4 Å². The zero-order valence-corrected chi connectivity index (χ0v) is 15.3. The van der Waals surface area contributed by atoms with Crippen LogP contribution in [0, 0.1) is 12.8 Å². The Hall–Kier alpha value is -1.60. The molecule has 0 saturated carbocycles. The van der Waals surface area contributed by atoms with E-state index in [1.165, 1.54) is 10.6 Å². The van der Waals surface area contributed by atoms with Gasteiger partial charge in [0.05, 0.1) is 18.2 Å². The number of benzene rings is 1. The highest BCUT2D eigenvalue weighted by Gasteiger charge is 2.30. The molecule has 1 aromatic carbocycles. The lowest BCUT2D eigenvalue weighted by molar-refractivity contribution is -0.126. The van der Waals surface area contributed by atoms with Crippen LogP contribution in [0.25, 0.3) is 0 Å². The standard InChI is InChI=1S/C17H26N2O4S/c1-13-6-8-16(9-7-13)23-12-14(2)18-17(20)15-5-4-10-19(11-15)24(3,21)22/h6-9,14-15H,4-5,10-12H2,1-3H3,(H,18,20)/t14-,15-/m0/s1. The first-order valence-corrected chi connectivity index (χ1v) is 10.1. The van der Waals surface area contributed by atoms with Crippen LogP contribution >= 0.6 is 0 Å². The summed E-state index contributed by atoms with van der Waals surface area (Å²) in [5.41, 5.74) is 1.16. The molecular formula is C17H26N2O4S. The summed E-state index contributed by atoms with van der Waals surface area (Å²) in [6, 6.07) is 7.59. The third-order valence-electron chi connectivity index (χ3n) is 4.13. The highest BCUT2D eigenvalue weighted by Crippen LogP contribution is 2.19. The molecule has 0 bridgehead atoms. The quantitative estimate of drug-likeness (QED) is 0.841. The molecule has 2 rings (SSSR count). The number of nitrogens with one attached hydrogen (secondary N) is 1. The number of carbonyl (C=O) groups excluding carboxylic acids is 1. The van der Waals surface area contributed by atoms with Crippen molar-refractivity contribution < 1.29 is 17.9 Å². The van der Waals surface area contributed by atoms with Crippen molar-refractivity contribution in [3.05, 3.63) is 29.8 Å². The van der Waals surface area contributed by atoms with E-state index < -0.39 is 10.0 Å². The van der Waals surface area contributed by atoms with Crippen molar-refractivity contribution in [3.8, 4) is 5.75 Å². The Morgan fingerprint density at radius 2 is 2.04 bits per heavy atom. The van der Waals surface area contributed by atoms with Crippen LogP contribution in [-0.2, 0) is 14.8 Å². The van der Waals surface area contributed by atoms with Gasteiger partial charge in [0.15, 0.2) is 0 Å². The number of ether oxygens (including phenoxy) is 1. The van der Waals surface area contributed by atoms with Gasteiger partial charge in [-0.2, -0.15) is 0 Å². The van der Waals surface area contributed by atoms with Crippen molar-refractivity contribution in [1.29, 1.82) is 0 Å². The third kappa shape index (κ3) is 5.49. The summed E-state index contributed by atoms with van der Waals surface area (Å²) in [6.07, 6.45) is 2.61. The molecule has 1 fully saturated rings. The lowest BCUT2D eigenvalue weighted by atomic mass is 9.98. The number of hydrogen-bond acceptors (Lipinski definition) is 4. The molecule has 1 N–H and O–H groups in total. The molecule has 6 nitrogen and oxygen atoms in total. The van der Waals surface area contributed by atoms with Crippen LogP contribution in [0.1, 0.15) is 25.3 Å². The lowest BCUT2D eigenvalue weighted by Gasteiger charge is -2.30. The van der Waals surface area contributed by atoms with Crippen LogP contribution < -0.4 is 10.1 Å². The Labute approximate surface area is 144 Å². The van der Waals surface area contributed by atoms with E-state index in [0.717, 1.165) is 11.3 Å². The van der Waals surface area contributed by atoms with E-state index >= 15 is 0 Å². The normalized spacial score (nSPS) is 20.4. The largest absolute Gasteiger partial charge is 0.491 e. The van der Waals surface area contributed by atoms with E-state index in [2.05, 4.69) is 5.32 Å². The van der Waals surface area contributed by atoms with Crippen molar-refractivity contribution in [2.24, 2.45) is 5.92 Å². The summed E-state index contributed by atoms with van der Waals surface area (Å²) in [5, 5.41) is 2.92. The molecule has 1 saturated heterocycles. The SMILES string of the molecule is Cc1ccc(OC[C@H](C)NC(=O)[C@H]2CCCN(S(C)(=O)=O)C2)cc1. The second-order valence-electron chi connectivity index (χ2n) is 6.49. The average Bonchev–Trinajstić information content (AvgIpc) is 2.53. The first-order chi connectivity index (χ1) is 11.3. The van der Waals surface area contributed by atoms with Crippen LogP contribution in [0.3, 0.4) is 0 Å². The van der Waals surface area contributed by atoms with Crippen molar-refractivity contribution in [3.63, 3.8) is 0 Å². The Morgan fingerprint density at radius 3 is 2.67 bits per heavy atom. The van der Waals surface area contributed by atoms with Crippen LogP contribution in [0.5, 0.6) is 5.75 Å². The molecule has 0 aromatic heterocycles. The summed E-state index contributed by atoms with van der Waals surface area (Å²) in [6.45, 7) is 5.02. The van der Waals surface area contributed by atoms with Gasteiger partial charge in [0.25, 0.3) is 0 Å². The summed E-state index contributed by atoms with van der Waals surface area (Å²) in [4.78, 5) is 12.3. The zero-order valence-electron chi connectivity index (χ0n) is 14.5. The summed E-state index contributed by atoms with van der Waals surface area (Å²) < 4.78 is 30.3. The van der Waals surface area contributed by atoms with Crippen molar-refractivity contribution in [2.45, 2.75) is 32.7 Å². The minimum Gasteiger partial charge on any atom is -0.491 e. The predicted molar refractivity (Wildman–Crippen MR) is 93.4 cm³/mol. The molecule has 7 heteroatoms. The van der Waals surface area contributed by atoms with Gasteiger partial charge < -0.3 is 10.1 Å². The van der Waals surface area contributed by atoms with Gasteiger partial charge in [-0.25, -0.2) is 12.7 Å². The number of amides is 1. The van der Waals surface area contributed by atoms with Crippen molar-refractivity contribution in [1.82, 2.24) is 9.62 Å². The molecule has 1 heterocycles. The van der Waals surface area contributed by atoms with Gasteiger partial charge in [-0.1, -0.05) is 17.7 Å². The molecule has 0 aliphatic carbocycles. The van der Waals surface area contributed by atoms with Crippen LogP contribution in [0.4, 0.5) is 0 Å². The molecule has 0 unspecified atom stereocenters. The maximum Gasteiger partial charge on any atom is 0.224 e. The number of aryl methyl sites for hydroxylation is 1. The second kappa shape index (κ2) is 7.98. The summed E-state index contributed by atoms with van der Waals surface area (Å²) in [5.74, 6) is 0.362. The fourth-order valence-corrected chi connectivity index (χ4v) is 3.63. The second-order valence-corrected chi connectivity index (χ2v) is 8.48. The molecular weight excluding hydrogens is 328 g/mol. The molecule has 0 spiro atoms.